The number of aryl methyl sites for hydroxylation is 1. The largest absolute Gasteiger partial charge is 0.465 e. The lowest BCUT2D eigenvalue weighted by molar-refractivity contribution is 0.00411. The van der Waals surface area contributed by atoms with Crippen molar-refractivity contribution < 1.29 is 19.0 Å². The Balaban J connectivity index is 2.12. The van der Waals surface area contributed by atoms with Gasteiger partial charge in [0.2, 0.25) is 6.79 Å². The SMILES string of the molecule is C=COc1cc(CCCCC)c2c(c1[C@@H]1C=C(C)CCC1)OCOC2=O. The maximum Gasteiger partial charge on any atom is 0.345 e. The maximum absolute atomic E-state index is 12.5. The standard InChI is InChI=1S/C22H28O4/c1-4-6-7-10-17-13-18(24-5-2)19(16-11-8-9-15(3)12-16)21-20(17)22(23)26-14-25-21/h5,12-13,16H,2,4,6-11,14H2,1,3H3/t16-/m0/s1. The van der Waals surface area contributed by atoms with Gasteiger partial charge in [0.15, 0.2) is 0 Å². The highest BCUT2D eigenvalue weighted by molar-refractivity contribution is 5.96. The topological polar surface area (TPSA) is 44.8 Å². The van der Waals surface area contributed by atoms with Crippen LogP contribution in [0.15, 0.2) is 30.6 Å². The Morgan fingerprint density at radius 2 is 2.19 bits per heavy atom. The summed E-state index contributed by atoms with van der Waals surface area (Å²) in [5, 5.41) is 0. The van der Waals surface area contributed by atoms with Crippen molar-refractivity contribution in [2.75, 3.05) is 6.79 Å². The number of rotatable bonds is 7. The zero-order valence-electron chi connectivity index (χ0n) is 15.8. The van der Waals surface area contributed by atoms with Gasteiger partial charge in [0.1, 0.15) is 17.1 Å². The van der Waals surface area contributed by atoms with Crippen LogP contribution in [0.1, 0.15) is 79.8 Å². The molecule has 0 spiro atoms. The van der Waals surface area contributed by atoms with Crippen molar-refractivity contribution >= 4 is 5.97 Å². The van der Waals surface area contributed by atoms with Crippen molar-refractivity contribution in [3.8, 4) is 11.5 Å². The first-order valence-electron chi connectivity index (χ1n) is 9.60. The van der Waals surface area contributed by atoms with E-state index in [9.17, 15) is 4.79 Å². The summed E-state index contributed by atoms with van der Waals surface area (Å²) < 4.78 is 16.8. The molecule has 1 heterocycles. The summed E-state index contributed by atoms with van der Waals surface area (Å²) in [6, 6.07) is 1.99. The van der Waals surface area contributed by atoms with Crippen molar-refractivity contribution in [1.82, 2.24) is 0 Å². The number of ether oxygens (including phenoxy) is 3. The van der Waals surface area contributed by atoms with Crippen molar-refractivity contribution in [3.63, 3.8) is 0 Å². The van der Waals surface area contributed by atoms with E-state index >= 15 is 0 Å². The molecule has 0 radical (unpaired) electrons. The molecule has 1 aliphatic heterocycles. The molecule has 1 aromatic rings. The van der Waals surface area contributed by atoms with E-state index in [2.05, 4.69) is 26.5 Å². The van der Waals surface area contributed by atoms with Gasteiger partial charge >= 0.3 is 5.97 Å². The van der Waals surface area contributed by atoms with E-state index in [0.29, 0.717) is 11.3 Å². The minimum absolute atomic E-state index is 0.0415. The summed E-state index contributed by atoms with van der Waals surface area (Å²) in [6.45, 7) is 8.00. The Kier molecular flexibility index (Phi) is 6.02. The van der Waals surface area contributed by atoms with Crippen LogP contribution < -0.4 is 9.47 Å². The number of carbonyl (C=O) groups excluding carboxylic acids is 1. The molecule has 1 atom stereocenters. The van der Waals surface area contributed by atoms with Crippen LogP contribution in [0.2, 0.25) is 0 Å². The molecule has 1 aliphatic carbocycles. The fourth-order valence-corrected chi connectivity index (χ4v) is 3.93. The average Bonchev–Trinajstić information content (AvgIpc) is 2.62. The molecular weight excluding hydrogens is 328 g/mol. The molecule has 0 bridgehead atoms. The van der Waals surface area contributed by atoms with Crippen LogP contribution in [0.5, 0.6) is 11.5 Å². The molecule has 0 N–H and O–H groups in total. The Bertz CT molecular complexity index is 717. The molecule has 0 saturated carbocycles. The van der Waals surface area contributed by atoms with Gasteiger partial charge in [-0.25, -0.2) is 4.79 Å². The van der Waals surface area contributed by atoms with Gasteiger partial charge in [-0.3, -0.25) is 0 Å². The fourth-order valence-electron chi connectivity index (χ4n) is 3.93. The number of hydrogen-bond donors (Lipinski definition) is 0. The molecule has 4 heteroatoms. The summed E-state index contributed by atoms with van der Waals surface area (Å²) in [5.41, 5.74) is 3.84. The monoisotopic (exact) mass is 356 g/mol. The molecule has 4 nitrogen and oxygen atoms in total. The highest BCUT2D eigenvalue weighted by Gasteiger charge is 2.32. The number of carbonyl (C=O) groups is 1. The van der Waals surface area contributed by atoms with Crippen LogP contribution in [0.3, 0.4) is 0 Å². The molecule has 1 aromatic carbocycles. The average molecular weight is 356 g/mol. The van der Waals surface area contributed by atoms with E-state index in [0.717, 1.165) is 61.8 Å². The highest BCUT2D eigenvalue weighted by Crippen LogP contribution is 2.46. The van der Waals surface area contributed by atoms with E-state index in [1.807, 2.05) is 6.07 Å². The predicted molar refractivity (Wildman–Crippen MR) is 102 cm³/mol. The van der Waals surface area contributed by atoms with Crippen molar-refractivity contribution in [2.24, 2.45) is 0 Å². The van der Waals surface area contributed by atoms with Gasteiger partial charge < -0.3 is 14.2 Å². The number of benzene rings is 1. The van der Waals surface area contributed by atoms with E-state index in [-0.39, 0.29) is 18.7 Å². The molecule has 26 heavy (non-hydrogen) atoms. The van der Waals surface area contributed by atoms with Crippen LogP contribution >= 0.6 is 0 Å². The molecular formula is C22H28O4. The molecule has 0 fully saturated rings. The van der Waals surface area contributed by atoms with Crippen molar-refractivity contribution in [1.29, 1.82) is 0 Å². The normalized spacial score (nSPS) is 19.1. The summed E-state index contributed by atoms with van der Waals surface area (Å²) in [7, 11) is 0. The molecule has 0 saturated heterocycles. The summed E-state index contributed by atoms with van der Waals surface area (Å²) in [6.07, 6.45) is 11.1. The molecule has 0 aromatic heterocycles. The second-order valence-electron chi connectivity index (χ2n) is 7.10. The van der Waals surface area contributed by atoms with Gasteiger partial charge in [0, 0.05) is 11.5 Å². The zero-order valence-corrected chi connectivity index (χ0v) is 15.8. The third-order valence-corrected chi connectivity index (χ3v) is 5.16. The minimum Gasteiger partial charge on any atom is -0.465 e. The minimum atomic E-state index is -0.291. The Morgan fingerprint density at radius 3 is 2.92 bits per heavy atom. The summed E-state index contributed by atoms with van der Waals surface area (Å²) in [5.74, 6) is 1.28. The van der Waals surface area contributed by atoms with Crippen molar-refractivity contribution in [2.45, 2.75) is 64.7 Å². The number of unbranched alkanes of at least 4 members (excludes halogenated alkanes) is 2. The Morgan fingerprint density at radius 1 is 1.35 bits per heavy atom. The first-order chi connectivity index (χ1) is 12.7. The number of cyclic esters (lactones) is 1. The van der Waals surface area contributed by atoms with Crippen LogP contribution in [0, 0.1) is 0 Å². The van der Waals surface area contributed by atoms with Crippen LogP contribution in [-0.4, -0.2) is 12.8 Å². The van der Waals surface area contributed by atoms with Crippen LogP contribution in [0.25, 0.3) is 0 Å². The Labute approximate surface area is 155 Å². The predicted octanol–water partition coefficient (Wildman–Crippen LogP) is 5.66. The van der Waals surface area contributed by atoms with Gasteiger partial charge in [0.25, 0.3) is 0 Å². The van der Waals surface area contributed by atoms with Gasteiger partial charge in [-0.1, -0.05) is 38.0 Å². The Hall–Kier alpha value is -2.23. The van der Waals surface area contributed by atoms with Crippen molar-refractivity contribution in [3.05, 3.63) is 47.2 Å². The number of allylic oxidation sites excluding steroid dienone is 2. The zero-order chi connectivity index (χ0) is 18.5. The molecule has 0 amide bonds. The summed E-state index contributed by atoms with van der Waals surface area (Å²) >= 11 is 0. The van der Waals surface area contributed by atoms with Gasteiger partial charge in [-0.05, 0) is 50.7 Å². The van der Waals surface area contributed by atoms with E-state index in [4.69, 9.17) is 14.2 Å². The smallest absolute Gasteiger partial charge is 0.345 e. The lowest BCUT2D eigenvalue weighted by atomic mass is 9.83. The lowest BCUT2D eigenvalue weighted by Gasteiger charge is -2.28. The molecule has 0 unspecified atom stereocenters. The van der Waals surface area contributed by atoms with E-state index in [1.165, 1.54) is 11.8 Å². The van der Waals surface area contributed by atoms with E-state index in [1.54, 1.807) is 0 Å². The van der Waals surface area contributed by atoms with Gasteiger partial charge in [-0.2, -0.15) is 0 Å². The van der Waals surface area contributed by atoms with E-state index < -0.39 is 0 Å². The third kappa shape index (κ3) is 3.79. The lowest BCUT2D eigenvalue weighted by Crippen LogP contribution is -2.23. The number of hydrogen-bond acceptors (Lipinski definition) is 4. The molecule has 3 rings (SSSR count). The molecule has 2 aliphatic rings. The fraction of sp³-hybridized carbons (Fsp3) is 0.500. The maximum atomic E-state index is 12.5. The second-order valence-corrected chi connectivity index (χ2v) is 7.10. The number of fused-ring (bicyclic) bond motifs is 1. The quantitative estimate of drug-likeness (QED) is 0.274. The van der Waals surface area contributed by atoms with Crippen LogP contribution in [-0.2, 0) is 11.2 Å². The number of esters is 1. The second kappa shape index (κ2) is 8.43. The van der Waals surface area contributed by atoms with Crippen LogP contribution in [0.4, 0.5) is 0 Å². The van der Waals surface area contributed by atoms with Gasteiger partial charge in [-0.15, -0.1) is 0 Å². The third-order valence-electron chi connectivity index (χ3n) is 5.16. The highest BCUT2D eigenvalue weighted by atomic mass is 16.7. The summed E-state index contributed by atoms with van der Waals surface area (Å²) in [4.78, 5) is 12.5. The first kappa shape index (κ1) is 18.6. The van der Waals surface area contributed by atoms with Gasteiger partial charge in [0.05, 0.1) is 6.26 Å². The molecule has 140 valence electrons. The first-order valence-corrected chi connectivity index (χ1v) is 9.60.